The van der Waals surface area contributed by atoms with Crippen LogP contribution < -0.4 is 4.90 Å². The lowest BCUT2D eigenvalue weighted by atomic mass is 10.2. The smallest absolute Gasteiger partial charge is 0.260 e. The van der Waals surface area contributed by atoms with E-state index in [9.17, 15) is 22.0 Å². The maximum atomic E-state index is 14.3. The van der Waals surface area contributed by atoms with E-state index >= 15 is 0 Å². The van der Waals surface area contributed by atoms with E-state index < -0.39 is 27.6 Å². The number of ether oxygens (including phenoxy) is 1. The largest absolute Gasteiger partial charge is 0.376 e. The zero-order valence-corrected chi connectivity index (χ0v) is 21.9. The van der Waals surface area contributed by atoms with Gasteiger partial charge in [0.1, 0.15) is 11.3 Å². The van der Waals surface area contributed by atoms with Gasteiger partial charge in [-0.15, -0.1) is 0 Å². The summed E-state index contributed by atoms with van der Waals surface area (Å²) in [5.41, 5.74) is 0.254. The lowest BCUT2D eigenvalue weighted by Gasteiger charge is -2.23. The van der Waals surface area contributed by atoms with Gasteiger partial charge in [-0.05, 0) is 49.6 Å². The van der Waals surface area contributed by atoms with Gasteiger partial charge in [-0.1, -0.05) is 31.6 Å². The number of benzene rings is 2. The Balaban J connectivity index is 1.64. The van der Waals surface area contributed by atoms with Crippen molar-refractivity contribution in [1.82, 2.24) is 9.29 Å². The molecule has 2 aromatic carbocycles. The summed E-state index contributed by atoms with van der Waals surface area (Å²) in [5.74, 6) is -1.94. The first-order valence-electron chi connectivity index (χ1n) is 12.0. The number of unbranched alkanes of at least 4 members (excludes halogenated alkanes) is 1. The second-order valence-corrected chi connectivity index (χ2v) is 11.6. The maximum absolute atomic E-state index is 14.3. The molecule has 1 fully saturated rings. The third-order valence-corrected chi connectivity index (χ3v) is 9.15. The van der Waals surface area contributed by atoms with Crippen LogP contribution in [-0.2, 0) is 14.8 Å². The van der Waals surface area contributed by atoms with E-state index in [0.717, 1.165) is 43.1 Å². The number of hydrogen-bond donors (Lipinski definition) is 0. The van der Waals surface area contributed by atoms with E-state index in [1.54, 1.807) is 6.92 Å². The Kier molecular flexibility index (Phi) is 8.34. The van der Waals surface area contributed by atoms with Crippen LogP contribution in [0.5, 0.6) is 0 Å². The molecule has 1 aromatic heterocycles. The molecule has 1 aliphatic rings. The Labute approximate surface area is 213 Å². The number of fused-ring (bicyclic) bond motifs is 1. The molecule has 1 amide bonds. The molecule has 0 spiro atoms. The topological polar surface area (TPSA) is 79.8 Å². The van der Waals surface area contributed by atoms with Crippen molar-refractivity contribution in [1.29, 1.82) is 0 Å². The second-order valence-electron chi connectivity index (χ2n) is 8.66. The van der Waals surface area contributed by atoms with E-state index in [4.69, 9.17) is 4.74 Å². The summed E-state index contributed by atoms with van der Waals surface area (Å²) in [6.45, 7) is 5.36. The summed E-state index contributed by atoms with van der Waals surface area (Å²) in [7, 11) is -3.68. The van der Waals surface area contributed by atoms with Crippen molar-refractivity contribution >= 4 is 42.6 Å². The van der Waals surface area contributed by atoms with E-state index in [-0.39, 0.29) is 33.8 Å². The summed E-state index contributed by atoms with van der Waals surface area (Å²) < 4.78 is 61.5. The van der Waals surface area contributed by atoms with Gasteiger partial charge in [0.25, 0.3) is 5.91 Å². The normalized spacial score (nSPS) is 16.2. The van der Waals surface area contributed by atoms with Gasteiger partial charge >= 0.3 is 0 Å². The number of anilines is 1. The first-order valence-corrected chi connectivity index (χ1v) is 14.3. The predicted molar refractivity (Wildman–Crippen MR) is 136 cm³/mol. The zero-order valence-electron chi connectivity index (χ0n) is 20.2. The number of nitrogens with zero attached hydrogens (tertiary/aromatic N) is 3. The van der Waals surface area contributed by atoms with Crippen LogP contribution in [0.3, 0.4) is 0 Å². The van der Waals surface area contributed by atoms with Gasteiger partial charge in [0.15, 0.2) is 10.9 Å². The van der Waals surface area contributed by atoms with Gasteiger partial charge in [-0.2, -0.15) is 4.31 Å². The summed E-state index contributed by atoms with van der Waals surface area (Å²) in [6, 6.07) is 7.74. The molecule has 0 N–H and O–H groups in total. The highest BCUT2D eigenvalue weighted by molar-refractivity contribution is 7.89. The van der Waals surface area contributed by atoms with Crippen LogP contribution in [0.1, 0.15) is 49.9 Å². The fourth-order valence-electron chi connectivity index (χ4n) is 4.16. The van der Waals surface area contributed by atoms with Crippen molar-refractivity contribution in [3.8, 4) is 0 Å². The number of thiazole rings is 1. The van der Waals surface area contributed by atoms with Crippen molar-refractivity contribution in [3.63, 3.8) is 0 Å². The zero-order chi connectivity index (χ0) is 25.9. The minimum atomic E-state index is -3.68. The number of carbonyl (C=O) groups excluding carboxylic acids is 1. The van der Waals surface area contributed by atoms with Gasteiger partial charge in [0, 0.05) is 31.3 Å². The Hall–Kier alpha value is -2.47. The van der Waals surface area contributed by atoms with Gasteiger partial charge in [0.2, 0.25) is 10.0 Å². The van der Waals surface area contributed by atoms with E-state index in [1.807, 2.05) is 6.92 Å². The highest BCUT2D eigenvalue weighted by atomic mass is 32.2. The average Bonchev–Trinajstić information content (AvgIpc) is 3.52. The van der Waals surface area contributed by atoms with E-state index in [1.165, 1.54) is 39.5 Å². The molecule has 0 aliphatic carbocycles. The SMILES string of the molecule is CCCCN(CC)S(=O)(=O)c1ccc(C(=O)N(CC2CCCO2)c2nc3c(F)cc(F)cc3s2)cc1. The molecule has 1 atom stereocenters. The number of aromatic nitrogens is 1. The quantitative estimate of drug-likeness (QED) is 0.355. The van der Waals surface area contributed by atoms with Crippen LogP contribution in [0.25, 0.3) is 10.2 Å². The fourth-order valence-corrected chi connectivity index (χ4v) is 6.66. The van der Waals surface area contributed by atoms with Crippen molar-refractivity contribution in [3.05, 3.63) is 53.6 Å². The Morgan fingerprint density at radius 3 is 2.58 bits per heavy atom. The van der Waals surface area contributed by atoms with Gasteiger partial charge in [0.05, 0.1) is 22.2 Å². The molecule has 4 rings (SSSR count). The monoisotopic (exact) mass is 537 g/mol. The summed E-state index contributed by atoms with van der Waals surface area (Å²) in [5, 5.41) is 0.225. The van der Waals surface area contributed by atoms with Gasteiger partial charge in [-0.25, -0.2) is 22.2 Å². The molecule has 1 unspecified atom stereocenters. The Morgan fingerprint density at radius 1 is 1.19 bits per heavy atom. The van der Waals surface area contributed by atoms with Crippen LogP contribution in [0, 0.1) is 11.6 Å². The van der Waals surface area contributed by atoms with Crippen LogP contribution in [0.15, 0.2) is 41.3 Å². The number of sulfonamides is 1. The molecular formula is C25H29F2N3O4S2. The van der Waals surface area contributed by atoms with Crippen molar-refractivity contribution < 1.29 is 26.7 Å². The molecule has 11 heteroatoms. The van der Waals surface area contributed by atoms with Crippen molar-refractivity contribution in [2.45, 2.75) is 50.5 Å². The maximum Gasteiger partial charge on any atom is 0.260 e. The highest BCUT2D eigenvalue weighted by Crippen LogP contribution is 2.33. The van der Waals surface area contributed by atoms with Crippen LogP contribution >= 0.6 is 11.3 Å². The molecule has 0 bridgehead atoms. The first-order chi connectivity index (χ1) is 17.2. The Bertz CT molecular complexity index is 1320. The third kappa shape index (κ3) is 5.59. The molecule has 7 nitrogen and oxygen atoms in total. The molecule has 0 radical (unpaired) electrons. The van der Waals surface area contributed by atoms with E-state index in [2.05, 4.69) is 4.98 Å². The predicted octanol–water partition coefficient (Wildman–Crippen LogP) is 5.21. The number of carbonyl (C=O) groups is 1. The molecule has 1 aliphatic heterocycles. The Morgan fingerprint density at radius 2 is 1.94 bits per heavy atom. The molecular weight excluding hydrogens is 508 g/mol. The van der Waals surface area contributed by atoms with Crippen LogP contribution in [0.4, 0.5) is 13.9 Å². The van der Waals surface area contributed by atoms with Gasteiger partial charge in [-0.3, -0.25) is 9.69 Å². The first kappa shape index (κ1) is 26.6. The van der Waals surface area contributed by atoms with Crippen molar-refractivity contribution in [2.75, 3.05) is 31.1 Å². The number of rotatable bonds is 10. The minimum Gasteiger partial charge on any atom is -0.376 e. The second kappa shape index (κ2) is 11.3. The number of hydrogen-bond acceptors (Lipinski definition) is 6. The minimum absolute atomic E-state index is 0.00489. The molecule has 3 aromatic rings. The molecule has 1 saturated heterocycles. The molecule has 36 heavy (non-hydrogen) atoms. The fraction of sp³-hybridized carbons (Fsp3) is 0.440. The van der Waals surface area contributed by atoms with Crippen molar-refractivity contribution in [2.24, 2.45) is 0 Å². The molecule has 0 saturated carbocycles. The third-order valence-electron chi connectivity index (χ3n) is 6.14. The average molecular weight is 538 g/mol. The molecule has 2 heterocycles. The van der Waals surface area contributed by atoms with Gasteiger partial charge < -0.3 is 4.74 Å². The van der Waals surface area contributed by atoms with Crippen LogP contribution in [-0.4, -0.2) is 56.0 Å². The highest BCUT2D eigenvalue weighted by Gasteiger charge is 2.29. The number of amides is 1. The molecule has 194 valence electrons. The van der Waals surface area contributed by atoms with Crippen LogP contribution in [0.2, 0.25) is 0 Å². The lowest BCUT2D eigenvalue weighted by molar-refractivity contribution is 0.0917. The number of halogens is 2. The lowest BCUT2D eigenvalue weighted by Crippen LogP contribution is -2.37. The summed E-state index contributed by atoms with van der Waals surface area (Å²) in [4.78, 5) is 19.4. The summed E-state index contributed by atoms with van der Waals surface area (Å²) in [6.07, 6.45) is 3.06. The summed E-state index contributed by atoms with van der Waals surface area (Å²) >= 11 is 1.02. The van der Waals surface area contributed by atoms with E-state index in [0.29, 0.717) is 24.4 Å². The standard InChI is InChI=1S/C25H29F2N3O4S2/c1-3-5-12-29(4-2)36(32,33)20-10-8-17(9-11-20)24(31)30(16-19-7-6-13-34-19)25-28-23-21(27)14-18(26)15-22(23)35-25/h8-11,14-15,19H,3-7,12-13,16H2,1-2H3.